The minimum Gasteiger partial charge on any atom is -0.462 e. The largest absolute Gasteiger partial charge is 0.462 e. The summed E-state index contributed by atoms with van der Waals surface area (Å²) >= 11 is 0. The fourth-order valence-electron chi connectivity index (χ4n) is 9.55. The van der Waals surface area contributed by atoms with Crippen LogP contribution in [0.15, 0.2) is 97.2 Å². The molecule has 6 heteroatoms. The topological polar surface area (TPSA) is 78.9 Å². The molecule has 0 radical (unpaired) electrons. The van der Waals surface area contributed by atoms with Gasteiger partial charge in [0.05, 0.1) is 0 Å². The standard InChI is InChI=1S/C73H126O6/c1-4-7-10-13-16-19-22-24-26-28-30-32-34-35-36-37-39-40-42-44-46-48-51-54-57-60-63-66-72(75)78-69-70(68-77-71(74)65-62-59-56-53-50-21-18-15-12-9-6-3)79-73(76)67-64-61-58-55-52-49-47-45-43-41-38-33-31-29-27-25-23-20-17-14-11-8-5-2/h8,11,17,20,25,27-28,30-31,33,41,43,47,49,55,58,70H,4-7,9-10,12-16,18-19,21-24,26,29,32,34-40,42,44-46,48,50-54,56-57,59-69H2,1-3H3/b11-8-,20-17-,27-25-,30-28-,33-31-,43-41-,49-47-,58-55-. The van der Waals surface area contributed by atoms with Crippen LogP contribution in [0.3, 0.4) is 0 Å². The third kappa shape index (κ3) is 65.0. The van der Waals surface area contributed by atoms with Crippen LogP contribution in [0.25, 0.3) is 0 Å². The van der Waals surface area contributed by atoms with Crippen LogP contribution in [0.2, 0.25) is 0 Å². The number of rotatable bonds is 61. The minimum atomic E-state index is -0.807. The first-order valence-electron chi connectivity index (χ1n) is 33.7. The molecule has 0 aliphatic carbocycles. The summed E-state index contributed by atoms with van der Waals surface area (Å²) in [5.74, 6) is -0.946. The molecule has 0 saturated heterocycles. The number of carbonyl (C=O) groups excluding carboxylic acids is 3. The first kappa shape index (κ1) is 75.3. The SMILES string of the molecule is CC/C=C\C/C=C\C/C=C\C/C=C\C/C=C\C/C=C\C/C=C\CCCC(=O)OC(COC(=O)CCCCCCCCCCCCC)COC(=O)CCCCCCCCCCCCCCCCC/C=C\CCCCCCCCCC. The van der Waals surface area contributed by atoms with Gasteiger partial charge in [-0.15, -0.1) is 0 Å². The van der Waals surface area contributed by atoms with Crippen molar-refractivity contribution in [2.75, 3.05) is 13.2 Å². The van der Waals surface area contributed by atoms with Gasteiger partial charge in [0.25, 0.3) is 0 Å². The monoisotopic (exact) mass is 1100 g/mol. The number of unbranched alkanes of at least 4 members (excludes halogenated alkanes) is 34. The van der Waals surface area contributed by atoms with Crippen LogP contribution in [0.1, 0.15) is 329 Å². The predicted octanol–water partition coefficient (Wildman–Crippen LogP) is 23.2. The average molecular weight is 1100 g/mol. The van der Waals surface area contributed by atoms with Crippen LogP contribution < -0.4 is 0 Å². The summed E-state index contributed by atoms with van der Waals surface area (Å²) in [5, 5.41) is 0. The maximum absolute atomic E-state index is 12.9. The van der Waals surface area contributed by atoms with Gasteiger partial charge in [0, 0.05) is 19.3 Å². The van der Waals surface area contributed by atoms with E-state index in [1.165, 1.54) is 193 Å². The van der Waals surface area contributed by atoms with Crippen molar-refractivity contribution in [1.82, 2.24) is 0 Å². The van der Waals surface area contributed by atoms with Gasteiger partial charge in [-0.25, -0.2) is 0 Å². The Hall–Kier alpha value is -3.67. The molecule has 0 amide bonds. The Labute approximate surface area is 489 Å². The predicted molar refractivity (Wildman–Crippen MR) is 344 cm³/mol. The maximum Gasteiger partial charge on any atom is 0.306 e. The van der Waals surface area contributed by atoms with E-state index in [9.17, 15) is 14.4 Å². The highest BCUT2D eigenvalue weighted by Gasteiger charge is 2.19. The minimum absolute atomic E-state index is 0.0977. The van der Waals surface area contributed by atoms with Gasteiger partial charge >= 0.3 is 17.9 Å². The molecule has 0 bridgehead atoms. The number of hydrogen-bond acceptors (Lipinski definition) is 6. The molecule has 0 aromatic carbocycles. The summed E-state index contributed by atoms with van der Waals surface area (Å²) in [4.78, 5) is 38.3. The lowest BCUT2D eigenvalue weighted by atomic mass is 10.0. The summed E-state index contributed by atoms with van der Waals surface area (Å²) in [7, 11) is 0. The molecular weight excluding hydrogens is 973 g/mol. The van der Waals surface area contributed by atoms with E-state index in [0.29, 0.717) is 19.3 Å². The molecule has 0 aliphatic heterocycles. The normalized spacial score (nSPS) is 12.7. The fraction of sp³-hybridized carbons (Fsp3) is 0.740. The lowest BCUT2D eigenvalue weighted by molar-refractivity contribution is -0.167. The summed E-state index contributed by atoms with van der Waals surface area (Å²) in [6, 6.07) is 0. The highest BCUT2D eigenvalue weighted by molar-refractivity contribution is 5.71. The van der Waals surface area contributed by atoms with Gasteiger partial charge in [-0.2, -0.15) is 0 Å². The van der Waals surface area contributed by atoms with Crippen LogP contribution in [0, 0.1) is 0 Å². The Balaban J connectivity index is 4.31. The zero-order chi connectivity index (χ0) is 57.1. The molecule has 1 atom stereocenters. The van der Waals surface area contributed by atoms with Crippen molar-refractivity contribution in [2.45, 2.75) is 335 Å². The Morgan fingerprint density at radius 1 is 0.266 bits per heavy atom. The van der Waals surface area contributed by atoms with Crippen molar-refractivity contribution in [3.05, 3.63) is 97.2 Å². The molecule has 0 aromatic rings. The van der Waals surface area contributed by atoms with Gasteiger partial charge in [0.2, 0.25) is 0 Å². The van der Waals surface area contributed by atoms with Gasteiger partial charge in [0.1, 0.15) is 13.2 Å². The third-order valence-electron chi connectivity index (χ3n) is 14.6. The fourth-order valence-corrected chi connectivity index (χ4v) is 9.55. The number of carbonyl (C=O) groups is 3. The molecule has 0 rings (SSSR count). The van der Waals surface area contributed by atoms with Crippen LogP contribution in [-0.4, -0.2) is 37.2 Å². The molecule has 0 fully saturated rings. The lowest BCUT2D eigenvalue weighted by Gasteiger charge is -2.18. The van der Waals surface area contributed by atoms with Gasteiger partial charge in [-0.05, 0) is 96.3 Å². The number of hydrogen-bond donors (Lipinski definition) is 0. The molecule has 0 saturated carbocycles. The van der Waals surface area contributed by atoms with Crippen molar-refractivity contribution in [3.8, 4) is 0 Å². The van der Waals surface area contributed by atoms with E-state index in [0.717, 1.165) is 89.9 Å². The second-order valence-electron chi connectivity index (χ2n) is 22.4. The highest BCUT2D eigenvalue weighted by Crippen LogP contribution is 2.17. The van der Waals surface area contributed by atoms with Crippen molar-refractivity contribution in [3.63, 3.8) is 0 Å². The van der Waals surface area contributed by atoms with E-state index < -0.39 is 6.10 Å². The van der Waals surface area contributed by atoms with Crippen molar-refractivity contribution in [2.24, 2.45) is 0 Å². The first-order chi connectivity index (χ1) is 39.0. The van der Waals surface area contributed by atoms with E-state index in [4.69, 9.17) is 14.2 Å². The van der Waals surface area contributed by atoms with E-state index in [1.54, 1.807) is 0 Å². The number of esters is 3. The molecular formula is C73H126O6. The molecule has 0 heterocycles. The molecule has 0 N–H and O–H groups in total. The Bertz CT molecular complexity index is 1540. The number of ether oxygens (including phenoxy) is 3. The second kappa shape index (κ2) is 66.8. The van der Waals surface area contributed by atoms with Gasteiger partial charge < -0.3 is 14.2 Å². The lowest BCUT2D eigenvalue weighted by Crippen LogP contribution is -2.30. The van der Waals surface area contributed by atoms with Crippen LogP contribution in [0.5, 0.6) is 0 Å². The summed E-state index contributed by atoms with van der Waals surface area (Å²) in [6.07, 6.45) is 90.1. The van der Waals surface area contributed by atoms with Crippen LogP contribution >= 0.6 is 0 Å². The number of allylic oxidation sites excluding steroid dienone is 16. The third-order valence-corrected chi connectivity index (χ3v) is 14.6. The molecule has 79 heavy (non-hydrogen) atoms. The molecule has 454 valence electrons. The van der Waals surface area contributed by atoms with Crippen LogP contribution in [-0.2, 0) is 28.6 Å². The molecule has 6 nitrogen and oxygen atoms in total. The average Bonchev–Trinajstić information content (AvgIpc) is 3.45. The summed E-state index contributed by atoms with van der Waals surface area (Å²) < 4.78 is 16.9. The van der Waals surface area contributed by atoms with Crippen molar-refractivity contribution < 1.29 is 28.6 Å². The van der Waals surface area contributed by atoms with Gasteiger partial charge in [0.15, 0.2) is 6.10 Å². The molecule has 0 aliphatic rings. The van der Waals surface area contributed by atoms with E-state index in [-0.39, 0.29) is 37.5 Å². The molecule has 0 spiro atoms. The molecule has 0 aromatic heterocycles. The summed E-state index contributed by atoms with van der Waals surface area (Å²) in [5.41, 5.74) is 0. The Kier molecular flexibility index (Phi) is 63.7. The zero-order valence-electron chi connectivity index (χ0n) is 52.1. The van der Waals surface area contributed by atoms with Gasteiger partial charge in [-0.1, -0.05) is 311 Å². The Morgan fingerprint density at radius 2 is 0.506 bits per heavy atom. The second-order valence-corrected chi connectivity index (χ2v) is 22.4. The maximum atomic E-state index is 12.9. The Morgan fingerprint density at radius 3 is 0.823 bits per heavy atom. The highest BCUT2D eigenvalue weighted by atomic mass is 16.6. The quantitative estimate of drug-likeness (QED) is 0.0261. The van der Waals surface area contributed by atoms with Crippen LogP contribution in [0.4, 0.5) is 0 Å². The van der Waals surface area contributed by atoms with E-state index in [1.807, 2.05) is 0 Å². The van der Waals surface area contributed by atoms with Crippen molar-refractivity contribution >= 4 is 17.9 Å². The van der Waals surface area contributed by atoms with Crippen molar-refractivity contribution in [1.29, 1.82) is 0 Å². The molecule has 1 unspecified atom stereocenters. The first-order valence-corrected chi connectivity index (χ1v) is 33.7. The van der Waals surface area contributed by atoms with E-state index in [2.05, 4.69) is 118 Å². The van der Waals surface area contributed by atoms with E-state index >= 15 is 0 Å². The summed E-state index contributed by atoms with van der Waals surface area (Å²) in [6.45, 7) is 6.51. The zero-order valence-corrected chi connectivity index (χ0v) is 52.1. The van der Waals surface area contributed by atoms with Gasteiger partial charge in [-0.3, -0.25) is 14.4 Å². The smallest absolute Gasteiger partial charge is 0.306 e.